The minimum Gasteiger partial charge on any atom is -0.457 e. The molecular weight excluding hydrogens is 414 g/mol. The Kier molecular flexibility index (Phi) is 4.43. The van der Waals surface area contributed by atoms with Crippen molar-refractivity contribution in [3.8, 4) is 22.8 Å². The Balaban J connectivity index is 1.40. The second kappa shape index (κ2) is 7.48. The van der Waals surface area contributed by atoms with Gasteiger partial charge in [-0.05, 0) is 61.2 Å². The molecule has 164 valence electrons. The number of nitrogens with zero attached hydrogens (tertiary/aromatic N) is 4. The number of imidazole rings is 1. The SMILES string of the molecule is C=CC(=O)N1C2CC2C[C@H]1c1nc(-c2ccc(Oc3ccccc3)cc2)c2c(N)nccn12. The third kappa shape index (κ3) is 3.24. The molecule has 1 saturated carbocycles. The lowest BCUT2D eigenvalue weighted by molar-refractivity contribution is -0.128. The van der Waals surface area contributed by atoms with Crippen molar-refractivity contribution < 1.29 is 9.53 Å². The lowest BCUT2D eigenvalue weighted by Gasteiger charge is -2.25. The Morgan fingerprint density at radius 3 is 2.61 bits per heavy atom. The molecule has 2 aliphatic rings. The van der Waals surface area contributed by atoms with E-state index in [0.29, 0.717) is 11.7 Å². The van der Waals surface area contributed by atoms with E-state index in [0.717, 1.165) is 46.9 Å². The van der Waals surface area contributed by atoms with Crippen LogP contribution in [0.4, 0.5) is 5.82 Å². The van der Waals surface area contributed by atoms with E-state index in [2.05, 4.69) is 11.6 Å². The van der Waals surface area contributed by atoms with E-state index in [1.807, 2.05) is 70.1 Å². The van der Waals surface area contributed by atoms with E-state index in [1.54, 1.807) is 6.20 Å². The van der Waals surface area contributed by atoms with Crippen molar-refractivity contribution in [1.29, 1.82) is 0 Å². The van der Waals surface area contributed by atoms with Crippen LogP contribution in [0.5, 0.6) is 11.5 Å². The first-order valence-electron chi connectivity index (χ1n) is 11.0. The van der Waals surface area contributed by atoms with Crippen LogP contribution in [-0.2, 0) is 4.79 Å². The van der Waals surface area contributed by atoms with Gasteiger partial charge in [0, 0.05) is 24.0 Å². The average Bonchev–Trinajstić information content (AvgIpc) is 3.33. The number of likely N-dealkylation sites (tertiary alicyclic amines) is 1. The van der Waals surface area contributed by atoms with E-state index in [4.69, 9.17) is 15.5 Å². The Hall–Kier alpha value is -4.13. The van der Waals surface area contributed by atoms with E-state index in [1.165, 1.54) is 6.08 Å². The van der Waals surface area contributed by atoms with Crippen molar-refractivity contribution in [2.45, 2.75) is 24.9 Å². The first-order chi connectivity index (χ1) is 16.1. The molecule has 6 rings (SSSR count). The van der Waals surface area contributed by atoms with E-state index in [9.17, 15) is 4.79 Å². The lowest BCUT2D eigenvalue weighted by Crippen LogP contribution is -2.33. The molecule has 0 bridgehead atoms. The zero-order chi connectivity index (χ0) is 22.5. The molecule has 7 heteroatoms. The first kappa shape index (κ1) is 19.5. The maximum absolute atomic E-state index is 12.6. The van der Waals surface area contributed by atoms with E-state index >= 15 is 0 Å². The Morgan fingerprint density at radius 2 is 1.85 bits per heavy atom. The molecule has 2 unspecified atom stereocenters. The van der Waals surface area contributed by atoms with Gasteiger partial charge in [0.25, 0.3) is 0 Å². The van der Waals surface area contributed by atoms with Crippen LogP contribution in [0.2, 0.25) is 0 Å². The number of anilines is 1. The zero-order valence-corrected chi connectivity index (χ0v) is 18.0. The maximum atomic E-state index is 12.6. The number of hydrogen-bond acceptors (Lipinski definition) is 5. The molecule has 2 aromatic carbocycles. The van der Waals surface area contributed by atoms with Crippen LogP contribution in [0, 0.1) is 5.92 Å². The number of amides is 1. The van der Waals surface area contributed by atoms with Crippen molar-refractivity contribution in [1.82, 2.24) is 19.3 Å². The van der Waals surface area contributed by atoms with Gasteiger partial charge < -0.3 is 15.4 Å². The highest BCUT2D eigenvalue weighted by molar-refractivity contribution is 5.89. The summed E-state index contributed by atoms with van der Waals surface area (Å²) in [6, 6.07) is 17.6. The molecule has 33 heavy (non-hydrogen) atoms. The Bertz CT molecular complexity index is 1360. The summed E-state index contributed by atoms with van der Waals surface area (Å²) in [5, 5.41) is 0. The second-order valence-corrected chi connectivity index (χ2v) is 8.55. The van der Waals surface area contributed by atoms with Crippen LogP contribution >= 0.6 is 0 Å². The van der Waals surface area contributed by atoms with Gasteiger partial charge in [0.15, 0.2) is 0 Å². The molecule has 3 heterocycles. The molecule has 7 nitrogen and oxygen atoms in total. The van der Waals surface area contributed by atoms with Gasteiger partial charge in [-0.2, -0.15) is 0 Å². The predicted octanol–water partition coefficient (Wildman–Crippen LogP) is 4.62. The third-order valence-electron chi connectivity index (χ3n) is 6.55. The fourth-order valence-electron chi connectivity index (χ4n) is 4.94. The highest BCUT2D eigenvalue weighted by Crippen LogP contribution is 2.53. The van der Waals surface area contributed by atoms with Crippen molar-refractivity contribution in [2.24, 2.45) is 5.92 Å². The van der Waals surface area contributed by atoms with Crippen LogP contribution in [0.25, 0.3) is 16.8 Å². The van der Waals surface area contributed by atoms with Gasteiger partial charge in [-0.3, -0.25) is 9.20 Å². The molecule has 2 fully saturated rings. The summed E-state index contributed by atoms with van der Waals surface area (Å²) < 4.78 is 7.90. The summed E-state index contributed by atoms with van der Waals surface area (Å²) in [7, 11) is 0. The molecule has 0 spiro atoms. The van der Waals surface area contributed by atoms with Crippen LogP contribution < -0.4 is 10.5 Å². The van der Waals surface area contributed by atoms with Gasteiger partial charge in [0.05, 0.1) is 6.04 Å². The van der Waals surface area contributed by atoms with Crippen LogP contribution in [0.3, 0.4) is 0 Å². The Morgan fingerprint density at radius 1 is 1.09 bits per heavy atom. The molecular formula is C26H23N5O2. The predicted molar refractivity (Wildman–Crippen MR) is 126 cm³/mol. The molecule has 1 amide bonds. The second-order valence-electron chi connectivity index (χ2n) is 8.55. The van der Waals surface area contributed by atoms with Gasteiger partial charge in [0.2, 0.25) is 5.91 Å². The topological polar surface area (TPSA) is 85.8 Å². The van der Waals surface area contributed by atoms with Crippen molar-refractivity contribution in [3.63, 3.8) is 0 Å². The fraction of sp³-hybridized carbons (Fsp3) is 0.192. The van der Waals surface area contributed by atoms with Crippen molar-refractivity contribution in [2.75, 3.05) is 5.73 Å². The number of ether oxygens (including phenoxy) is 1. The number of nitrogens with two attached hydrogens (primary N) is 1. The zero-order valence-electron chi connectivity index (χ0n) is 18.0. The number of fused-ring (bicyclic) bond motifs is 2. The number of carbonyl (C=O) groups is 1. The molecule has 2 aromatic heterocycles. The number of benzene rings is 2. The number of hydrogen-bond donors (Lipinski definition) is 1. The molecule has 1 aliphatic heterocycles. The van der Waals surface area contributed by atoms with Crippen LogP contribution in [0.15, 0.2) is 79.6 Å². The minimum atomic E-state index is -0.108. The van der Waals surface area contributed by atoms with Crippen LogP contribution in [0.1, 0.15) is 24.7 Å². The number of aromatic nitrogens is 3. The third-order valence-corrected chi connectivity index (χ3v) is 6.55. The van der Waals surface area contributed by atoms with E-state index < -0.39 is 0 Å². The number of para-hydroxylation sites is 1. The summed E-state index contributed by atoms with van der Waals surface area (Å²) in [4.78, 5) is 23.9. The van der Waals surface area contributed by atoms with Gasteiger partial charge >= 0.3 is 0 Å². The molecule has 1 aliphatic carbocycles. The highest BCUT2D eigenvalue weighted by atomic mass is 16.5. The number of rotatable bonds is 5. The largest absolute Gasteiger partial charge is 0.457 e. The van der Waals surface area contributed by atoms with Crippen LogP contribution in [-0.4, -0.2) is 31.2 Å². The first-order valence-corrected chi connectivity index (χ1v) is 11.0. The normalized spacial score (nSPS) is 21.1. The monoisotopic (exact) mass is 437 g/mol. The fourth-order valence-corrected chi connectivity index (χ4v) is 4.94. The molecule has 2 N–H and O–H groups in total. The minimum absolute atomic E-state index is 0.0484. The Labute approximate surface area is 191 Å². The summed E-state index contributed by atoms with van der Waals surface area (Å²) in [5.41, 5.74) is 8.70. The lowest BCUT2D eigenvalue weighted by atomic mass is 10.1. The number of piperidine rings is 1. The molecule has 0 radical (unpaired) electrons. The average molecular weight is 438 g/mol. The summed E-state index contributed by atoms with van der Waals surface area (Å²) in [5.74, 6) is 3.20. The quantitative estimate of drug-likeness (QED) is 0.461. The van der Waals surface area contributed by atoms with E-state index in [-0.39, 0.29) is 18.0 Å². The van der Waals surface area contributed by atoms with Crippen molar-refractivity contribution >= 4 is 17.2 Å². The van der Waals surface area contributed by atoms with Gasteiger partial charge in [-0.15, -0.1) is 0 Å². The standard InChI is InChI=1S/C26H23N5O2/c1-2-22(32)31-20-14-17(20)15-21(31)26-29-23(24-25(27)28-12-13-30(24)26)16-8-10-19(11-9-16)33-18-6-4-3-5-7-18/h2-13,17,20-21H,1,14-15H2,(H2,27,28)/t17?,20?,21-/m0/s1. The molecule has 4 aromatic rings. The number of carbonyl (C=O) groups excluding carboxylic acids is 1. The number of nitrogen functional groups attached to an aromatic ring is 1. The summed E-state index contributed by atoms with van der Waals surface area (Å²) in [6.45, 7) is 3.69. The molecule has 3 atom stereocenters. The van der Waals surface area contributed by atoms with Crippen molar-refractivity contribution in [3.05, 3.63) is 85.5 Å². The summed E-state index contributed by atoms with van der Waals surface area (Å²) >= 11 is 0. The highest BCUT2D eigenvalue weighted by Gasteiger charge is 2.55. The molecule has 1 saturated heterocycles. The van der Waals surface area contributed by atoms with Gasteiger partial charge in [0.1, 0.15) is 34.4 Å². The smallest absolute Gasteiger partial charge is 0.246 e. The maximum Gasteiger partial charge on any atom is 0.246 e. The van der Waals surface area contributed by atoms with Gasteiger partial charge in [-0.25, -0.2) is 9.97 Å². The van der Waals surface area contributed by atoms with Gasteiger partial charge in [-0.1, -0.05) is 24.8 Å². The summed E-state index contributed by atoms with van der Waals surface area (Å²) in [6.07, 6.45) is 6.88.